The van der Waals surface area contributed by atoms with Gasteiger partial charge in [-0.25, -0.2) is 4.39 Å². The maximum absolute atomic E-state index is 13.5. The van der Waals surface area contributed by atoms with Gasteiger partial charge in [-0.3, -0.25) is 4.90 Å². The number of hydrogen-bond donors (Lipinski definition) is 0. The molecule has 2 rings (SSSR count). The van der Waals surface area contributed by atoms with E-state index in [2.05, 4.69) is 11.8 Å². The van der Waals surface area contributed by atoms with Crippen molar-refractivity contribution in [3.8, 4) is 11.5 Å². The van der Waals surface area contributed by atoms with Gasteiger partial charge in [-0.15, -0.1) is 0 Å². The van der Waals surface area contributed by atoms with Crippen molar-refractivity contribution < 1.29 is 13.9 Å². The van der Waals surface area contributed by atoms with E-state index in [4.69, 9.17) is 9.47 Å². The summed E-state index contributed by atoms with van der Waals surface area (Å²) in [6.45, 7) is 6.00. The van der Waals surface area contributed by atoms with Gasteiger partial charge in [-0.1, -0.05) is 13.0 Å². The lowest BCUT2D eigenvalue weighted by atomic mass is 9.99. The van der Waals surface area contributed by atoms with Crippen LogP contribution in [0, 0.1) is 11.7 Å². The van der Waals surface area contributed by atoms with Crippen molar-refractivity contribution in [3.63, 3.8) is 0 Å². The first-order valence-electron chi connectivity index (χ1n) is 6.88. The fourth-order valence-corrected chi connectivity index (χ4v) is 2.37. The molecule has 1 heterocycles. The summed E-state index contributed by atoms with van der Waals surface area (Å²) in [6.07, 6.45) is 2.51. The van der Waals surface area contributed by atoms with Crippen LogP contribution in [0.3, 0.4) is 0 Å². The molecule has 106 valence electrons. The standard InChI is InChI=1S/C15H22FNO2/c1-12-6-8-17(9-7-12)10-11-19-14-5-3-4-13(16)15(14)18-2/h3-5,12H,6-11H2,1-2H3. The van der Waals surface area contributed by atoms with Gasteiger partial charge in [0.25, 0.3) is 0 Å². The lowest BCUT2D eigenvalue weighted by Gasteiger charge is -2.29. The SMILES string of the molecule is COc1c(F)cccc1OCCN1CCC(C)CC1. The van der Waals surface area contributed by atoms with Crippen LogP contribution in [0.25, 0.3) is 0 Å². The summed E-state index contributed by atoms with van der Waals surface area (Å²) >= 11 is 0. The highest BCUT2D eigenvalue weighted by Gasteiger charge is 2.16. The van der Waals surface area contributed by atoms with Crippen molar-refractivity contribution in [1.29, 1.82) is 0 Å². The number of nitrogens with zero attached hydrogens (tertiary/aromatic N) is 1. The molecule has 1 aromatic rings. The monoisotopic (exact) mass is 267 g/mol. The Balaban J connectivity index is 1.81. The Morgan fingerprint density at radius 1 is 1.32 bits per heavy atom. The molecule has 1 aliphatic heterocycles. The fourth-order valence-electron chi connectivity index (χ4n) is 2.37. The van der Waals surface area contributed by atoms with Crippen LogP contribution in [-0.4, -0.2) is 38.3 Å². The molecule has 1 fully saturated rings. The summed E-state index contributed by atoms with van der Waals surface area (Å²) in [4.78, 5) is 2.39. The van der Waals surface area contributed by atoms with Crippen LogP contribution in [0.1, 0.15) is 19.8 Å². The smallest absolute Gasteiger partial charge is 0.196 e. The number of halogens is 1. The van der Waals surface area contributed by atoms with Crippen molar-refractivity contribution in [2.45, 2.75) is 19.8 Å². The highest BCUT2D eigenvalue weighted by Crippen LogP contribution is 2.29. The maximum atomic E-state index is 13.5. The normalized spacial score (nSPS) is 17.4. The number of methoxy groups -OCH3 is 1. The lowest BCUT2D eigenvalue weighted by Crippen LogP contribution is -2.35. The number of piperidine rings is 1. The van der Waals surface area contributed by atoms with Gasteiger partial charge in [-0.05, 0) is 44.0 Å². The largest absolute Gasteiger partial charge is 0.490 e. The minimum absolute atomic E-state index is 0.190. The molecule has 0 radical (unpaired) electrons. The van der Waals surface area contributed by atoms with Gasteiger partial charge in [0.2, 0.25) is 0 Å². The number of benzene rings is 1. The molecule has 1 saturated heterocycles. The van der Waals surface area contributed by atoms with E-state index >= 15 is 0 Å². The molecule has 19 heavy (non-hydrogen) atoms. The van der Waals surface area contributed by atoms with Crippen molar-refractivity contribution in [2.24, 2.45) is 5.92 Å². The van der Waals surface area contributed by atoms with Gasteiger partial charge in [0.15, 0.2) is 17.3 Å². The third-order valence-electron chi connectivity index (χ3n) is 3.68. The highest BCUT2D eigenvalue weighted by molar-refractivity contribution is 5.40. The van der Waals surface area contributed by atoms with E-state index in [1.165, 1.54) is 26.0 Å². The van der Waals surface area contributed by atoms with Crippen LogP contribution in [0.5, 0.6) is 11.5 Å². The number of likely N-dealkylation sites (tertiary alicyclic amines) is 1. The zero-order valence-electron chi connectivity index (χ0n) is 11.7. The summed E-state index contributed by atoms with van der Waals surface area (Å²) in [6, 6.07) is 4.74. The van der Waals surface area contributed by atoms with E-state index < -0.39 is 0 Å². The average Bonchev–Trinajstić information content (AvgIpc) is 2.41. The molecule has 0 spiro atoms. The van der Waals surface area contributed by atoms with Gasteiger partial charge in [0.1, 0.15) is 6.61 Å². The molecule has 0 amide bonds. The Morgan fingerprint density at radius 3 is 2.74 bits per heavy atom. The molecule has 0 saturated carbocycles. The molecule has 3 nitrogen and oxygen atoms in total. The average molecular weight is 267 g/mol. The molecule has 0 N–H and O–H groups in total. The minimum Gasteiger partial charge on any atom is -0.490 e. The molecule has 4 heteroatoms. The quantitative estimate of drug-likeness (QED) is 0.818. The van der Waals surface area contributed by atoms with Gasteiger partial charge < -0.3 is 9.47 Å². The van der Waals surface area contributed by atoms with Crippen LogP contribution in [0.15, 0.2) is 18.2 Å². The minimum atomic E-state index is -0.383. The summed E-state index contributed by atoms with van der Waals surface area (Å²) in [7, 11) is 1.46. The third-order valence-corrected chi connectivity index (χ3v) is 3.68. The molecule has 0 unspecified atom stereocenters. The van der Waals surface area contributed by atoms with Crippen LogP contribution in [0.2, 0.25) is 0 Å². The summed E-state index contributed by atoms with van der Waals surface area (Å²) in [5.41, 5.74) is 0. The molecule has 1 aliphatic rings. The van der Waals surface area contributed by atoms with Crippen LogP contribution in [0.4, 0.5) is 4.39 Å². The molecular weight excluding hydrogens is 245 g/mol. The molecule has 0 bridgehead atoms. The lowest BCUT2D eigenvalue weighted by molar-refractivity contribution is 0.158. The van der Waals surface area contributed by atoms with Crippen LogP contribution < -0.4 is 9.47 Å². The van der Waals surface area contributed by atoms with E-state index in [1.54, 1.807) is 12.1 Å². The first-order valence-corrected chi connectivity index (χ1v) is 6.88. The van der Waals surface area contributed by atoms with Crippen molar-refractivity contribution in [2.75, 3.05) is 33.4 Å². The van der Waals surface area contributed by atoms with Crippen molar-refractivity contribution in [1.82, 2.24) is 4.90 Å². The van der Waals surface area contributed by atoms with Crippen LogP contribution >= 0.6 is 0 Å². The van der Waals surface area contributed by atoms with E-state index in [-0.39, 0.29) is 11.6 Å². The first kappa shape index (κ1) is 14.1. The summed E-state index contributed by atoms with van der Waals surface area (Å²) < 4.78 is 24.1. The molecule has 0 atom stereocenters. The Labute approximate surface area is 114 Å². The zero-order valence-corrected chi connectivity index (χ0v) is 11.7. The fraction of sp³-hybridized carbons (Fsp3) is 0.600. The maximum Gasteiger partial charge on any atom is 0.196 e. The zero-order chi connectivity index (χ0) is 13.7. The first-order chi connectivity index (χ1) is 9.20. The van der Waals surface area contributed by atoms with Gasteiger partial charge in [0, 0.05) is 6.54 Å². The molecule has 1 aromatic carbocycles. The van der Waals surface area contributed by atoms with Gasteiger partial charge in [0.05, 0.1) is 7.11 Å². The number of ether oxygens (including phenoxy) is 2. The van der Waals surface area contributed by atoms with Crippen LogP contribution in [-0.2, 0) is 0 Å². The topological polar surface area (TPSA) is 21.7 Å². The van der Waals surface area contributed by atoms with E-state index in [0.29, 0.717) is 12.4 Å². The number of para-hydroxylation sites is 1. The second kappa shape index (κ2) is 6.75. The third kappa shape index (κ3) is 3.83. The van der Waals surface area contributed by atoms with Gasteiger partial charge >= 0.3 is 0 Å². The van der Waals surface area contributed by atoms with Gasteiger partial charge in [-0.2, -0.15) is 0 Å². The van der Waals surface area contributed by atoms with Crippen molar-refractivity contribution in [3.05, 3.63) is 24.0 Å². The molecule has 0 aliphatic carbocycles. The van der Waals surface area contributed by atoms with E-state index in [9.17, 15) is 4.39 Å². The van der Waals surface area contributed by atoms with E-state index in [1.807, 2.05) is 0 Å². The Kier molecular flexibility index (Phi) is 5.02. The number of rotatable bonds is 5. The summed E-state index contributed by atoms with van der Waals surface area (Å²) in [5, 5.41) is 0. The predicted octanol–water partition coefficient (Wildman–Crippen LogP) is 2.95. The Morgan fingerprint density at radius 2 is 2.05 bits per heavy atom. The molecular formula is C15H22FNO2. The van der Waals surface area contributed by atoms with Crippen molar-refractivity contribution >= 4 is 0 Å². The number of hydrogen-bond acceptors (Lipinski definition) is 3. The molecule has 0 aromatic heterocycles. The second-order valence-corrected chi connectivity index (χ2v) is 5.14. The Hall–Kier alpha value is -1.29. The predicted molar refractivity (Wildman–Crippen MR) is 73.3 cm³/mol. The Bertz CT molecular complexity index is 403. The second-order valence-electron chi connectivity index (χ2n) is 5.14. The summed E-state index contributed by atoms with van der Waals surface area (Å²) in [5.74, 6) is 1.12. The van der Waals surface area contributed by atoms with E-state index in [0.717, 1.165) is 25.6 Å². The highest BCUT2D eigenvalue weighted by atomic mass is 19.1.